The van der Waals surface area contributed by atoms with E-state index in [-0.39, 0.29) is 12.1 Å². The number of halogens is 2. The first-order chi connectivity index (χ1) is 9.08. The number of aliphatic hydroxyl groups excluding tert-OH is 1. The van der Waals surface area contributed by atoms with Crippen LogP contribution in [0.2, 0.25) is 5.02 Å². The molecule has 2 N–H and O–H groups in total. The monoisotopic (exact) mass is 279 g/mol. The molecule has 0 aliphatic heterocycles. The van der Waals surface area contributed by atoms with Crippen molar-refractivity contribution in [2.75, 3.05) is 11.9 Å². The van der Waals surface area contributed by atoms with Crippen LogP contribution in [0.15, 0.2) is 42.5 Å². The molecular weight excluding hydrogens is 265 g/mol. The summed E-state index contributed by atoms with van der Waals surface area (Å²) in [5.74, 6) is -0.403. The molecular formula is C15H15ClFNO. The van der Waals surface area contributed by atoms with Crippen LogP contribution in [0.5, 0.6) is 0 Å². The molecule has 0 spiro atoms. The molecule has 4 heteroatoms. The number of hydrogen-bond donors (Lipinski definition) is 2. The third kappa shape index (κ3) is 3.46. The van der Waals surface area contributed by atoms with Gasteiger partial charge in [0.15, 0.2) is 0 Å². The number of benzene rings is 2. The molecule has 0 saturated heterocycles. The molecule has 1 unspecified atom stereocenters. The van der Waals surface area contributed by atoms with E-state index in [0.717, 1.165) is 11.3 Å². The summed E-state index contributed by atoms with van der Waals surface area (Å²) in [4.78, 5) is 0. The van der Waals surface area contributed by atoms with Gasteiger partial charge in [0.1, 0.15) is 5.82 Å². The van der Waals surface area contributed by atoms with Crippen LogP contribution < -0.4 is 5.32 Å². The first-order valence-electron chi connectivity index (χ1n) is 6.00. The van der Waals surface area contributed by atoms with Crippen LogP contribution in [0.25, 0.3) is 0 Å². The minimum Gasteiger partial charge on any atom is -0.386 e. The van der Waals surface area contributed by atoms with Gasteiger partial charge in [-0.2, -0.15) is 0 Å². The molecule has 0 aliphatic rings. The summed E-state index contributed by atoms with van der Waals surface area (Å²) >= 11 is 5.91. The minimum absolute atomic E-state index is 0.224. The first kappa shape index (κ1) is 13.8. The number of aryl methyl sites for hydroxylation is 1. The zero-order valence-electron chi connectivity index (χ0n) is 10.5. The van der Waals surface area contributed by atoms with E-state index in [1.54, 1.807) is 30.3 Å². The fraction of sp³-hybridized carbons (Fsp3) is 0.200. The van der Waals surface area contributed by atoms with Gasteiger partial charge in [0.2, 0.25) is 0 Å². The van der Waals surface area contributed by atoms with Crippen molar-refractivity contribution in [3.63, 3.8) is 0 Å². The molecule has 0 heterocycles. The lowest BCUT2D eigenvalue weighted by Gasteiger charge is -2.15. The smallest absolute Gasteiger partial charge is 0.129 e. The molecule has 0 fully saturated rings. The quantitative estimate of drug-likeness (QED) is 0.889. The van der Waals surface area contributed by atoms with Crippen LogP contribution in [0.4, 0.5) is 10.1 Å². The summed E-state index contributed by atoms with van der Waals surface area (Å²) < 4.78 is 13.5. The van der Waals surface area contributed by atoms with Gasteiger partial charge in [-0.3, -0.25) is 0 Å². The van der Waals surface area contributed by atoms with Crippen molar-refractivity contribution < 1.29 is 9.50 Å². The van der Waals surface area contributed by atoms with E-state index >= 15 is 0 Å². The highest BCUT2D eigenvalue weighted by Gasteiger charge is 2.12. The van der Waals surface area contributed by atoms with Crippen LogP contribution in [-0.4, -0.2) is 11.7 Å². The molecule has 0 radical (unpaired) electrons. The Labute approximate surface area is 116 Å². The topological polar surface area (TPSA) is 32.3 Å². The van der Waals surface area contributed by atoms with Gasteiger partial charge in [-0.15, -0.1) is 0 Å². The van der Waals surface area contributed by atoms with Gasteiger partial charge in [0.05, 0.1) is 6.10 Å². The van der Waals surface area contributed by atoms with E-state index in [0.29, 0.717) is 5.02 Å². The van der Waals surface area contributed by atoms with Crippen molar-refractivity contribution in [1.82, 2.24) is 0 Å². The van der Waals surface area contributed by atoms with E-state index in [1.807, 2.05) is 13.0 Å². The van der Waals surface area contributed by atoms with Gasteiger partial charge < -0.3 is 10.4 Å². The van der Waals surface area contributed by atoms with E-state index in [1.165, 1.54) is 6.07 Å². The molecule has 0 bridgehead atoms. The molecule has 100 valence electrons. The Balaban J connectivity index is 2.06. The summed E-state index contributed by atoms with van der Waals surface area (Å²) in [6, 6.07) is 11.7. The molecule has 0 saturated carbocycles. The third-order valence-corrected chi connectivity index (χ3v) is 3.18. The van der Waals surface area contributed by atoms with E-state index in [4.69, 9.17) is 11.6 Å². The van der Waals surface area contributed by atoms with Crippen LogP contribution in [-0.2, 0) is 0 Å². The summed E-state index contributed by atoms with van der Waals surface area (Å²) in [7, 11) is 0. The molecule has 2 nitrogen and oxygen atoms in total. The first-order valence-corrected chi connectivity index (χ1v) is 6.38. The second-order valence-corrected chi connectivity index (χ2v) is 4.81. The molecule has 0 aromatic heterocycles. The predicted octanol–water partition coefficient (Wildman–Crippen LogP) is 3.93. The summed E-state index contributed by atoms with van der Waals surface area (Å²) in [6.45, 7) is 2.16. The highest BCUT2D eigenvalue weighted by Crippen LogP contribution is 2.22. The van der Waals surface area contributed by atoms with E-state index in [9.17, 15) is 9.50 Å². The molecule has 0 amide bonds. The van der Waals surface area contributed by atoms with Crippen molar-refractivity contribution in [3.8, 4) is 0 Å². The maximum atomic E-state index is 13.5. The number of nitrogens with one attached hydrogen (secondary N) is 1. The zero-order valence-corrected chi connectivity index (χ0v) is 11.3. The SMILES string of the molecule is Cc1ccc(Cl)cc1NCC(O)c1ccccc1F. The lowest BCUT2D eigenvalue weighted by Crippen LogP contribution is -2.14. The van der Waals surface area contributed by atoms with Gasteiger partial charge in [-0.05, 0) is 30.7 Å². The van der Waals surface area contributed by atoms with E-state index in [2.05, 4.69) is 5.32 Å². The van der Waals surface area contributed by atoms with Crippen LogP contribution in [0, 0.1) is 12.7 Å². The summed E-state index contributed by atoms with van der Waals surface area (Å²) in [5, 5.41) is 13.7. The average molecular weight is 280 g/mol. The average Bonchev–Trinajstić information content (AvgIpc) is 2.40. The third-order valence-electron chi connectivity index (χ3n) is 2.95. The lowest BCUT2D eigenvalue weighted by atomic mass is 10.1. The van der Waals surface area contributed by atoms with Crippen LogP contribution >= 0.6 is 11.6 Å². The molecule has 2 rings (SSSR count). The van der Waals surface area contributed by atoms with Gasteiger partial charge in [0, 0.05) is 22.8 Å². The second kappa shape index (κ2) is 6.04. The highest BCUT2D eigenvalue weighted by molar-refractivity contribution is 6.30. The largest absolute Gasteiger partial charge is 0.386 e. The summed E-state index contributed by atoms with van der Waals surface area (Å²) in [5.41, 5.74) is 2.14. The van der Waals surface area contributed by atoms with Crippen molar-refractivity contribution in [2.45, 2.75) is 13.0 Å². The fourth-order valence-corrected chi connectivity index (χ4v) is 2.02. The van der Waals surface area contributed by atoms with Crippen molar-refractivity contribution in [1.29, 1.82) is 0 Å². The lowest BCUT2D eigenvalue weighted by molar-refractivity contribution is 0.186. The van der Waals surface area contributed by atoms with Gasteiger partial charge in [-0.25, -0.2) is 4.39 Å². The van der Waals surface area contributed by atoms with Gasteiger partial charge in [0.25, 0.3) is 0 Å². The summed E-state index contributed by atoms with van der Waals surface area (Å²) in [6.07, 6.45) is -0.903. The zero-order chi connectivity index (χ0) is 13.8. The number of hydrogen-bond acceptors (Lipinski definition) is 2. The van der Waals surface area contributed by atoms with Crippen LogP contribution in [0.3, 0.4) is 0 Å². The molecule has 1 atom stereocenters. The van der Waals surface area contributed by atoms with Crippen molar-refractivity contribution in [2.24, 2.45) is 0 Å². The Kier molecular flexibility index (Phi) is 4.40. The fourth-order valence-electron chi connectivity index (χ4n) is 1.85. The normalized spacial score (nSPS) is 12.2. The standard InChI is InChI=1S/C15H15ClFNO/c1-10-6-7-11(16)8-14(10)18-9-15(19)12-4-2-3-5-13(12)17/h2-8,15,18-19H,9H2,1H3. The highest BCUT2D eigenvalue weighted by atomic mass is 35.5. The van der Waals surface area contributed by atoms with Crippen molar-refractivity contribution in [3.05, 3.63) is 64.4 Å². The molecule has 0 aliphatic carbocycles. The van der Waals surface area contributed by atoms with Crippen LogP contribution in [0.1, 0.15) is 17.2 Å². The maximum Gasteiger partial charge on any atom is 0.129 e. The molecule has 19 heavy (non-hydrogen) atoms. The Morgan fingerprint density at radius 2 is 2.00 bits per heavy atom. The molecule has 2 aromatic rings. The Bertz CT molecular complexity index is 574. The van der Waals surface area contributed by atoms with Gasteiger partial charge >= 0.3 is 0 Å². The van der Waals surface area contributed by atoms with Gasteiger partial charge in [-0.1, -0.05) is 35.9 Å². The molecule has 2 aromatic carbocycles. The minimum atomic E-state index is -0.903. The number of anilines is 1. The number of rotatable bonds is 4. The van der Waals surface area contributed by atoms with Crippen molar-refractivity contribution >= 4 is 17.3 Å². The Morgan fingerprint density at radius 3 is 2.74 bits per heavy atom. The second-order valence-electron chi connectivity index (χ2n) is 4.38. The van der Waals surface area contributed by atoms with E-state index < -0.39 is 11.9 Å². The number of aliphatic hydroxyl groups is 1. The maximum absolute atomic E-state index is 13.5. The Hall–Kier alpha value is -1.58. The predicted molar refractivity (Wildman–Crippen MR) is 76.0 cm³/mol. The Morgan fingerprint density at radius 1 is 1.26 bits per heavy atom.